The molecule has 0 unspecified atom stereocenters. The van der Waals surface area contributed by atoms with Crippen molar-refractivity contribution in [3.8, 4) is 22.8 Å². The van der Waals surface area contributed by atoms with Gasteiger partial charge in [-0.2, -0.15) is 10.1 Å². The number of aromatic nitrogens is 4. The number of hydrogen-bond donors (Lipinski definition) is 3. The van der Waals surface area contributed by atoms with Gasteiger partial charge in [0.1, 0.15) is 23.0 Å². The molecule has 0 aliphatic rings. The van der Waals surface area contributed by atoms with Crippen molar-refractivity contribution in [2.75, 3.05) is 37.9 Å². The molecule has 10 heteroatoms. The Morgan fingerprint density at radius 1 is 0.944 bits per heavy atom. The molecule has 0 atom stereocenters. The standard InChI is InChI=1S/C26H29N7O3/c1-17-14-24(30-19-8-10-20(35-3)11-9-19)31-26(29-17)28-13-12-27-25(34)23-16-22(32-33(23)2)18-6-5-7-21(15-18)36-4/h5-11,14-16H,12-13H2,1-4H3,(H,27,34)(H2,28,29,30,31). The fourth-order valence-electron chi connectivity index (χ4n) is 3.58. The minimum Gasteiger partial charge on any atom is -0.497 e. The summed E-state index contributed by atoms with van der Waals surface area (Å²) < 4.78 is 12.0. The maximum absolute atomic E-state index is 12.7. The summed E-state index contributed by atoms with van der Waals surface area (Å²) in [5.74, 6) is 2.44. The number of carbonyl (C=O) groups is 1. The molecule has 36 heavy (non-hydrogen) atoms. The van der Waals surface area contributed by atoms with E-state index in [0.29, 0.717) is 36.2 Å². The molecule has 0 fully saturated rings. The molecule has 1 amide bonds. The quantitative estimate of drug-likeness (QED) is 0.290. The number of carbonyl (C=O) groups excluding carboxylic acids is 1. The molecule has 0 aliphatic heterocycles. The summed E-state index contributed by atoms with van der Waals surface area (Å²) in [6.07, 6.45) is 0. The summed E-state index contributed by atoms with van der Waals surface area (Å²) in [7, 11) is 4.99. The van der Waals surface area contributed by atoms with Crippen LogP contribution in [0.3, 0.4) is 0 Å². The molecule has 2 aromatic carbocycles. The topological polar surface area (TPSA) is 115 Å². The second-order valence-electron chi connectivity index (χ2n) is 8.02. The van der Waals surface area contributed by atoms with Gasteiger partial charge in [0, 0.05) is 43.1 Å². The molecule has 0 aliphatic carbocycles. The predicted octanol–water partition coefficient (Wildman–Crippen LogP) is 3.79. The van der Waals surface area contributed by atoms with Gasteiger partial charge >= 0.3 is 0 Å². The van der Waals surface area contributed by atoms with Gasteiger partial charge in [-0.25, -0.2) is 4.98 Å². The van der Waals surface area contributed by atoms with Gasteiger partial charge < -0.3 is 25.4 Å². The Bertz CT molecular complexity index is 1340. The first-order chi connectivity index (χ1) is 17.4. The molecule has 0 spiro atoms. The lowest BCUT2D eigenvalue weighted by Gasteiger charge is -2.11. The molecular formula is C26H29N7O3. The average Bonchev–Trinajstić information content (AvgIpc) is 3.28. The lowest BCUT2D eigenvalue weighted by molar-refractivity contribution is 0.0945. The molecule has 2 heterocycles. The summed E-state index contributed by atoms with van der Waals surface area (Å²) in [6.45, 7) is 2.74. The number of amides is 1. The van der Waals surface area contributed by atoms with Crippen molar-refractivity contribution in [3.63, 3.8) is 0 Å². The molecule has 4 aromatic rings. The molecule has 0 saturated carbocycles. The summed E-state index contributed by atoms with van der Waals surface area (Å²) >= 11 is 0. The van der Waals surface area contributed by atoms with E-state index in [0.717, 1.165) is 28.4 Å². The van der Waals surface area contributed by atoms with Crippen molar-refractivity contribution in [2.24, 2.45) is 7.05 Å². The van der Waals surface area contributed by atoms with E-state index >= 15 is 0 Å². The Balaban J connectivity index is 1.32. The van der Waals surface area contributed by atoms with Gasteiger partial charge in [0.05, 0.1) is 19.9 Å². The van der Waals surface area contributed by atoms with E-state index in [2.05, 4.69) is 31.0 Å². The maximum Gasteiger partial charge on any atom is 0.269 e. The second-order valence-corrected chi connectivity index (χ2v) is 8.02. The zero-order valence-electron chi connectivity index (χ0n) is 20.7. The van der Waals surface area contributed by atoms with Crippen LogP contribution in [-0.2, 0) is 7.05 Å². The van der Waals surface area contributed by atoms with E-state index in [4.69, 9.17) is 9.47 Å². The molecule has 2 aromatic heterocycles. The van der Waals surface area contributed by atoms with Gasteiger partial charge in [-0.15, -0.1) is 0 Å². The van der Waals surface area contributed by atoms with Crippen LogP contribution in [0.4, 0.5) is 17.5 Å². The summed E-state index contributed by atoms with van der Waals surface area (Å²) in [5.41, 5.74) is 3.74. The van der Waals surface area contributed by atoms with Crippen molar-refractivity contribution in [1.82, 2.24) is 25.1 Å². The molecule has 0 saturated heterocycles. The van der Waals surface area contributed by atoms with Crippen molar-refractivity contribution < 1.29 is 14.3 Å². The molecule has 0 radical (unpaired) electrons. The molecule has 3 N–H and O–H groups in total. The normalized spacial score (nSPS) is 10.6. The van der Waals surface area contributed by atoms with Gasteiger partial charge in [0.25, 0.3) is 5.91 Å². The van der Waals surface area contributed by atoms with E-state index in [9.17, 15) is 4.79 Å². The number of hydrogen-bond acceptors (Lipinski definition) is 8. The molecule has 10 nitrogen and oxygen atoms in total. The lowest BCUT2D eigenvalue weighted by atomic mass is 10.1. The highest BCUT2D eigenvalue weighted by Gasteiger charge is 2.14. The van der Waals surface area contributed by atoms with Gasteiger partial charge in [0.2, 0.25) is 5.95 Å². The maximum atomic E-state index is 12.7. The van der Waals surface area contributed by atoms with Crippen LogP contribution in [0.25, 0.3) is 11.3 Å². The van der Waals surface area contributed by atoms with E-state index < -0.39 is 0 Å². The fourth-order valence-corrected chi connectivity index (χ4v) is 3.58. The second kappa shape index (κ2) is 11.2. The Kier molecular flexibility index (Phi) is 7.64. The van der Waals surface area contributed by atoms with Crippen LogP contribution in [0, 0.1) is 6.92 Å². The van der Waals surface area contributed by atoms with Gasteiger partial charge in [-0.3, -0.25) is 9.48 Å². The number of methoxy groups -OCH3 is 2. The monoisotopic (exact) mass is 487 g/mol. The molecule has 4 rings (SSSR count). The third kappa shape index (κ3) is 6.09. The Labute approximate surface area is 209 Å². The number of ether oxygens (including phenoxy) is 2. The highest BCUT2D eigenvalue weighted by atomic mass is 16.5. The van der Waals surface area contributed by atoms with Crippen LogP contribution in [0.5, 0.6) is 11.5 Å². The highest BCUT2D eigenvalue weighted by molar-refractivity contribution is 5.93. The Morgan fingerprint density at radius 2 is 1.72 bits per heavy atom. The van der Waals surface area contributed by atoms with Crippen LogP contribution in [-0.4, -0.2) is 53.0 Å². The number of anilines is 3. The van der Waals surface area contributed by atoms with Crippen LogP contribution >= 0.6 is 0 Å². The van der Waals surface area contributed by atoms with Crippen LogP contribution in [0.15, 0.2) is 60.7 Å². The van der Waals surface area contributed by atoms with E-state index in [1.807, 2.05) is 61.5 Å². The zero-order chi connectivity index (χ0) is 25.5. The van der Waals surface area contributed by atoms with Crippen molar-refractivity contribution >= 4 is 23.4 Å². The predicted molar refractivity (Wildman–Crippen MR) is 139 cm³/mol. The van der Waals surface area contributed by atoms with Gasteiger partial charge in [-0.05, 0) is 49.4 Å². The van der Waals surface area contributed by atoms with Gasteiger partial charge in [0.15, 0.2) is 0 Å². The first-order valence-corrected chi connectivity index (χ1v) is 11.4. The number of benzene rings is 2. The first kappa shape index (κ1) is 24.5. The van der Waals surface area contributed by atoms with E-state index in [1.54, 1.807) is 32.0 Å². The molecular weight excluding hydrogens is 458 g/mol. The smallest absolute Gasteiger partial charge is 0.269 e. The SMILES string of the molecule is COc1ccc(Nc2cc(C)nc(NCCNC(=O)c3cc(-c4cccc(OC)c4)nn3C)n2)cc1. The third-order valence-electron chi connectivity index (χ3n) is 5.39. The average molecular weight is 488 g/mol. The molecule has 186 valence electrons. The van der Waals surface area contributed by atoms with Crippen LogP contribution < -0.4 is 25.4 Å². The number of aryl methyl sites for hydroxylation is 2. The highest BCUT2D eigenvalue weighted by Crippen LogP contribution is 2.23. The molecule has 0 bridgehead atoms. The summed E-state index contributed by atoms with van der Waals surface area (Å²) in [5, 5.41) is 13.8. The minimum absolute atomic E-state index is 0.215. The van der Waals surface area contributed by atoms with Gasteiger partial charge in [-0.1, -0.05) is 12.1 Å². The Hall–Kier alpha value is -4.60. The Morgan fingerprint density at radius 3 is 2.47 bits per heavy atom. The fraction of sp³-hybridized carbons (Fsp3) is 0.231. The van der Waals surface area contributed by atoms with Crippen molar-refractivity contribution in [2.45, 2.75) is 6.92 Å². The largest absolute Gasteiger partial charge is 0.497 e. The lowest BCUT2D eigenvalue weighted by Crippen LogP contribution is -2.30. The van der Waals surface area contributed by atoms with E-state index in [-0.39, 0.29) is 5.91 Å². The first-order valence-electron chi connectivity index (χ1n) is 11.4. The van der Waals surface area contributed by atoms with Crippen LogP contribution in [0.1, 0.15) is 16.2 Å². The minimum atomic E-state index is -0.215. The van der Waals surface area contributed by atoms with Crippen molar-refractivity contribution in [3.05, 3.63) is 72.1 Å². The third-order valence-corrected chi connectivity index (χ3v) is 5.39. The zero-order valence-corrected chi connectivity index (χ0v) is 20.7. The number of nitrogens with zero attached hydrogens (tertiary/aromatic N) is 4. The van der Waals surface area contributed by atoms with Crippen LogP contribution in [0.2, 0.25) is 0 Å². The number of rotatable bonds is 10. The summed E-state index contributed by atoms with van der Waals surface area (Å²) in [4.78, 5) is 21.7. The van der Waals surface area contributed by atoms with Crippen molar-refractivity contribution in [1.29, 1.82) is 0 Å². The number of nitrogens with one attached hydrogen (secondary N) is 3. The van der Waals surface area contributed by atoms with E-state index in [1.165, 1.54) is 0 Å². The summed E-state index contributed by atoms with van der Waals surface area (Å²) in [6, 6.07) is 18.8.